The normalized spacial score (nSPS) is 24.2. The molecule has 8 heteroatoms. The minimum Gasteiger partial charge on any atom is -0.378 e. The number of likely N-dealkylation sites (tertiary alicyclic amines) is 1. The Morgan fingerprint density at radius 1 is 1.28 bits per heavy atom. The van der Waals surface area contributed by atoms with Crippen molar-refractivity contribution in [2.24, 2.45) is 11.8 Å². The maximum absolute atomic E-state index is 12.7. The number of carbonyl (C=O) groups excluding carboxylic acids is 1. The van der Waals surface area contributed by atoms with Crippen molar-refractivity contribution in [2.45, 2.75) is 33.2 Å². The molecule has 0 bridgehead atoms. The molecule has 1 aromatic rings. The largest absolute Gasteiger partial charge is 0.378 e. The number of ether oxygens (including phenoxy) is 1. The van der Waals surface area contributed by atoms with Crippen LogP contribution in [0.4, 0.5) is 11.4 Å². The smallest absolute Gasteiger partial charge is 0.293 e. The Labute approximate surface area is 172 Å². The zero-order chi connectivity index (χ0) is 21.0. The van der Waals surface area contributed by atoms with Gasteiger partial charge in [-0.25, -0.2) is 0 Å². The van der Waals surface area contributed by atoms with Crippen LogP contribution in [0.15, 0.2) is 18.2 Å². The molecule has 0 spiro atoms. The van der Waals surface area contributed by atoms with Crippen LogP contribution in [0.25, 0.3) is 0 Å². The van der Waals surface area contributed by atoms with Crippen molar-refractivity contribution in [3.63, 3.8) is 0 Å². The molecule has 0 saturated carbocycles. The summed E-state index contributed by atoms with van der Waals surface area (Å²) >= 11 is 0. The molecular weight excluding hydrogens is 372 g/mol. The van der Waals surface area contributed by atoms with Gasteiger partial charge in [-0.2, -0.15) is 0 Å². The molecule has 2 saturated heterocycles. The number of benzene rings is 1. The van der Waals surface area contributed by atoms with E-state index in [1.807, 2.05) is 6.92 Å². The summed E-state index contributed by atoms with van der Waals surface area (Å²) in [6, 6.07) is 4.78. The molecule has 2 fully saturated rings. The molecule has 1 aromatic carbocycles. The van der Waals surface area contributed by atoms with Crippen molar-refractivity contribution in [2.75, 3.05) is 51.3 Å². The van der Waals surface area contributed by atoms with Crippen molar-refractivity contribution in [1.82, 2.24) is 9.80 Å². The van der Waals surface area contributed by atoms with E-state index >= 15 is 0 Å². The first-order valence-corrected chi connectivity index (χ1v) is 10.5. The van der Waals surface area contributed by atoms with Gasteiger partial charge in [0.25, 0.3) is 11.6 Å². The van der Waals surface area contributed by atoms with E-state index in [-0.39, 0.29) is 17.6 Å². The maximum atomic E-state index is 12.7. The number of morpholine rings is 1. The molecule has 1 amide bonds. The lowest BCUT2D eigenvalue weighted by atomic mass is 9.92. The van der Waals surface area contributed by atoms with Crippen molar-refractivity contribution >= 4 is 17.3 Å². The van der Waals surface area contributed by atoms with Crippen LogP contribution in [-0.4, -0.2) is 72.6 Å². The molecule has 0 aromatic heterocycles. The van der Waals surface area contributed by atoms with Crippen LogP contribution in [0, 0.1) is 22.0 Å². The van der Waals surface area contributed by atoms with Gasteiger partial charge in [-0.1, -0.05) is 13.8 Å². The van der Waals surface area contributed by atoms with Gasteiger partial charge in [0.15, 0.2) is 0 Å². The van der Waals surface area contributed by atoms with E-state index < -0.39 is 4.92 Å². The lowest BCUT2D eigenvalue weighted by molar-refractivity contribution is -0.384. The highest BCUT2D eigenvalue weighted by atomic mass is 16.6. The number of nitro benzene ring substituents is 1. The maximum Gasteiger partial charge on any atom is 0.293 e. The summed E-state index contributed by atoms with van der Waals surface area (Å²) in [6.45, 7) is 11.6. The molecule has 160 valence electrons. The standard InChI is InChI=1S/C21H32N4O4/c1-15-10-16(2)13-23(12-15)14-17(3)22-19-5-4-18(11-20(19)25(27)28)21(26)24-6-8-29-9-7-24/h4-5,11,15-17,22H,6-10,12-14H2,1-3H3. The average molecular weight is 405 g/mol. The summed E-state index contributed by atoms with van der Waals surface area (Å²) in [5.41, 5.74) is 0.742. The van der Waals surface area contributed by atoms with Gasteiger partial charge in [-0.05, 0) is 37.3 Å². The number of nitrogens with one attached hydrogen (secondary N) is 1. The summed E-state index contributed by atoms with van der Waals surface area (Å²) < 4.78 is 5.27. The fourth-order valence-electron chi connectivity index (χ4n) is 4.53. The summed E-state index contributed by atoms with van der Waals surface area (Å²) in [6.07, 6.45) is 1.25. The number of carbonyl (C=O) groups is 1. The monoisotopic (exact) mass is 404 g/mol. The Morgan fingerprint density at radius 2 is 1.93 bits per heavy atom. The summed E-state index contributed by atoms with van der Waals surface area (Å²) in [4.78, 5) is 28.0. The number of anilines is 1. The Kier molecular flexibility index (Phi) is 7.08. The molecule has 29 heavy (non-hydrogen) atoms. The van der Waals surface area contributed by atoms with Gasteiger partial charge < -0.3 is 19.9 Å². The number of hydrogen-bond acceptors (Lipinski definition) is 6. The highest BCUT2D eigenvalue weighted by Gasteiger charge is 2.25. The predicted octanol–water partition coefficient (Wildman–Crippen LogP) is 2.85. The van der Waals surface area contributed by atoms with Crippen molar-refractivity contribution in [3.05, 3.63) is 33.9 Å². The second kappa shape index (κ2) is 9.54. The quantitative estimate of drug-likeness (QED) is 0.579. The third-order valence-corrected chi connectivity index (χ3v) is 5.62. The molecule has 3 atom stereocenters. The average Bonchev–Trinajstić information content (AvgIpc) is 2.67. The topological polar surface area (TPSA) is 88.0 Å². The number of piperidine rings is 1. The third-order valence-electron chi connectivity index (χ3n) is 5.62. The highest BCUT2D eigenvalue weighted by Crippen LogP contribution is 2.28. The summed E-state index contributed by atoms with van der Waals surface area (Å²) in [5.74, 6) is 1.16. The number of amides is 1. The molecule has 8 nitrogen and oxygen atoms in total. The molecular formula is C21H32N4O4. The van der Waals surface area contributed by atoms with Crippen LogP contribution in [0.2, 0.25) is 0 Å². The summed E-state index contributed by atoms with van der Waals surface area (Å²) in [7, 11) is 0. The van der Waals surface area contributed by atoms with Crippen LogP contribution in [0.5, 0.6) is 0 Å². The Balaban J connectivity index is 1.68. The van der Waals surface area contributed by atoms with Crippen molar-refractivity contribution in [1.29, 1.82) is 0 Å². The number of nitrogens with zero attached hydrogens (tertiary/aromatic N) is 3. The predicted molar refractivity (Wildman–Crippen MR) is 112 cm³/mol. The molecule has 2 aliphatic heterocycles. The second-order valence-corrected chi connectivity index (χ2v) is 8.60. The van der Waals surface area contributed by atoms with Crippen LogP contribution >= 0.6 is 0 Å². The number of rotatable bonds is 6. The molecule has 1 N–H and O–H groups in total. The number of hydrogen-bond donors (Lipinski definition) is 1. The SMILES string of the molecule is CC1CC(C)CN(CC(C)Nc2ccc(C(=O)N3CCOCC3)cc2[N+](=O)[O-])C1. The van der Waals surface area contributed by atoms with E-state index in [1.165, 1.54) is 12.5 Å². The van der Waals surface area contributed by atoms with Gasteiger partial charge in [0, 0.05) is 50.4 Å². The highest BCUT2D eigenvalue weighted by molar-refractivity contribution is 5.95. The van der Waals surface area contributed by atoms with Crippen LogP contribution < -0.4 is 5.32 Å². The van der Waals surface area contributed by atoms with Crippen molar-refractivity contribution in [3.8, 4) is 0 Å². The molecule has 2 aliphatic rings. The van der Waals surface area contributed by atoms with E-state index in [0.717, 1.165) is 19.6 Å². The van der Waals surface area contributed by atoms with Crippen molar-refractivity contribution < 1.29 is 14.5 Å². The first-order valence-electron chi connectivity index (χ1n) is 10.5. The van der Waals surface area contributed by atoms with Gasteiger partial charge >= 0.3 is 0 Å². The third kappa shape index (κ3) is 5.67. The molecule has 3 unspecified atom stereocenters. The fourth-order valence-corrected chi connectivity index (χ4v) is 4.53. The molecule has 0 radical (unpaired) electrons. The summed E-state index contributed by atoms with van der Waals surface area (Å²) in [5, 5.41) is 14.9. The molecule has 3 rings (SSSR count). The Morgan fingerprint density at radius 3 is 2.55 bits per heavy atom. The van der Waals surface area contributed by atoms with E-state index in [1.54, 1.807) is 17.0 Å². The lowest BCUT2D eigenvalue weighted by Gasteiger charge is -2.36. The Bertz CT molecular complexity index is 725. The van der Waals surface area contributed by atoms with E-state index in [4.69, 9.17) is 4.74 Å². The minimum atomic E-state index is -0.420. The lowest BCUT2D eigenvalue weighted by Crippen LogP contribution is -2.43. The fraction of sp³-hybridized carbons (Fsp3) is 0.667. The van der Waals surface area contributed by atoms with Gasteiger partial charge in [-0.15, -0.1) is 0 Å². The van der Waals surface area contributed by atoms with Gasteiger partial charge in [0.05, 0.1) is 18.1 Å². The molecule has 0 aliphatic carbocycles. The van der Waals surface area contributed by atoms with E-state index in [2.05, 4.69) is 24.1 Å². The van der Waals surface area contributed by atoms with E-state index in [0.29, 0.717) is 49.4 Å². The van der Waals surface area contributed by atoms with Gasteiger partial charge in [0.2, 0.25) is 0 Å². The van der Waals surface area contributed by atoms with Crippen LogP contribution in [0.1, 0.15) is 37.6 Å². The Hall–Kier alpha value is -2.19. The number of nitro groups is 1. The first-order chi connectivity index (χ1) is 13.8. The van der Waals surface area contributed by atoms with Crippen LogP contribution in [0.3, 0.4) is 0 Å². The van der Waals surface area contributed by atoms with Gasteiger partial charge in [-0.3, -0.25) is 14.9 Å². The zero-order valence-corrected chi connectivity index (χ0v) is 17.6. The van der Waals surface area contributed by atoms with E-state index in [9.17, 15) is 14.9 Å². The van der Waals surface area contributed by atoms with Crippen LogP contribution in [-0.2, 0) is 4.74 Å². The van der Waals surface area contributed by atoms with Gasteiger partial charge in [0.1, 0.15) is 5.69 Å². The first kappa shape index (κ1) is 21.5. The molecule has 2 heterocycles. The second-order valence-electron chi connectivity index (χ2n) is 8.60. The minimum absolute atomic E-state index is 0.0589. The zero-order valence-electron chi connectivity index (χ0n) is 17.6.